The first-order valence-electron chi connectivity index (χ1n) is 13.0. The monoisotopic (exact) mass is 511 g/mol. The number of carbonyl (C=O) groups excluding carboxylic acids is 2. The largest absolute Gasteiger partial charge is 0.481 e. The molecule has 1 aromatic carbocycles. The van der Waals surface area contributed by atoms with Crippen molar-refractivity contribution in [1.29, 1.82) is 0 Å². The van der Waals surface area contributed by atoms with Crippen LogP contribution >= 0.6 is 11.3 Å². The van der Waals surface area contributed by atoms with E-state index in [-0.39, 0.29) is 6.10 Å². The summed E-state index contributed by atoms with van der Waals surface area (Å²) in [4.78, 5) is 38.3. The number of nitrogens with one attached hydrogen (secondary N) is 1. The lowest BCUT2D eigenvalue weighted by Crippen LogP contribution is -2.41. The first-order chi connectivity index (χ1) is 17.3. The fraction of sp³-hybridized carbons (Fsp3) is 0.536. The Kier molecular flexibility index (Phi) is 7.17. The molecule has 3 fully saturated rings. The lowest BCUT2D eigenvalue weighted by Gasteiger charge is -2.24. The number of esters is 1. The average molecular weight is 512 g/mol. The van der Waals surface area contributed by atoms with Gasteiger partial charge in [0.15, 0.2) is 0 Å². The number of hydrogen-bond donors (Lipinski definition) is 2. The van der Waals surface area contributed by atoms with Gasteiger partial charge in [0.2, 0.25) is 5.91 Å². The van der Waals surface area contributed by atoms with E-state index in [1.165, 1.54) is 49.0 Å². The van der Waals surface area contributed by atoms with Gasteiger partial charge in [-0.05, 0) is 56.6 Å². The van der Waals surface area contributed by atoms with Crippen LogP contribution in [0.4, 0.5) is 5.00 Å². The second kappa shape index (κ2) is 10.3. The molecular formula is C28H33NO6S. The van der Waals surface area contributed by atoms with Crippen molar-refractivity contribution in [3.05, 3.63) is 40.8 Å². The zero-order chi connectivity index (χ0) is 25.4. The lowest BCUT2D eigenvalue weighted by atomic mass is 9.78. The number of hydrogen-bond acceptors (Lipinski definition) is 6. The molecule has 0 spiro atoms. The number of carboxylic acids is 1. The third kappa shape index (κ3) is 4.81. The molecule has 2 aliphatic heterocycles. The summed E-state index contributed by atoms with van der Waals surface area (Å²) in [6.07, 6.45) is 6.41. The maximum absolute atomic E-state index is 13.3. The van der Waals surface area contributed by atoms with Crippen molar-refractivity contribution < 1.29 is 29.0 Å². The number of benzene rings is 1. The Bertz CT molecular complexity index is 1130. The number of anilines is 1. The Hall–Kier alpha value is -2.71. The van der Waals surface area contributed by atoms with E-state index in [1.54, 1.807) is 13.8 Å². The van der Waals surface area contributed by atoms with E-state index in [1.807, 2.05) is 17.5 Å². The van der Waals surface area contributed by atoms with Gasteiger partial charge in [0.05, 0.1) is 30.1 Å². The molecule has 7 nitrogen and oxygen atoms in total. The minimum atomic E-state index is -1.02. The maximum atomic E-state index is 13.3. The lowest BCUT2D eigenvalue weighted by molar-refractivity contribution is -0.147. The fourth-order valence-corrected chi connectivity index (χ4v) is 6.99. The molecule has 8 heteroatoms. The van der Waals surface area contributed by atoms with Crippen LogP contribution in [0.2, 0.25) is 0 Å². The van der Waals surface area contributed by atoms with Gasteiger partial charge < -0.3 is 19.9 Å². The van der Waals surface area contributed by atoms with Crippen LogP contribution < -0.4 is 5.32 Å². The molecule has 192 valence electrons. The number of ether oxygens (including phenoxy) is 2. The standard InChI is InChI=1S/C28H33NO6S/c1-15(2)34-28(33)22-19(18-10-8-17(9-11-18)16-6-4-3-5-7-16)14-36-26(22)29-25(30)23-20-12-13-21(35-20)24(23)27(31)32/h8-11,14-16,20-21,23-24H,3-7,12-13H2,1-2H3,(H,29,30)(H,31,32)/t20-,21+,23+,24+/m1/s1. The van der Waals surface area contributed by atoms with E-state index in [2.05, 4.69) is 17.4 Å². The van der Waals surface area contributed by atoms with Crippen LogP contribution in [-0.4, -0.2) is 41.3 Å². The second-order valence-corrected chi connectivity index (χ2v) is 11.3. The Morgan fingerprint density at radius 3 is 2.31 bits per heavy atom. The van der Waals surface area contributed by atoms with Crippen LogP contribution in [0.15, 0.2) is 29.6 Å². The van der Waals surface area contributed by atoms with Gasteiger partial charge in [-0.1, -0.05) is 43.5 Å². The number of rotatable bonds is 7. The molecule has 3 aliphatic rings. The second-order valence-electron chi connectivity index (χ2n) is 10.4. The molecule has 3 heterocycles. The minimum Gasteiger partial charge on any atom is -0.481 e. The zero-order valence-corrected chi connectivity index (χ0v) is 21.5. The zero-order valence-electron chi connectivity index (χ0n) is 20.7. The van der Waals surface area contributed by atoms with Gasteiger partial charge in [0.25, 0.3) is 0 Å². The molecule has 1 aliphatic carbocycles. The molecule has 36 heavy (non-hydrogen) atoms. The minimum absolute atomic E-state index is 0.309. The number of aliphatic carboxylic acids is 1. The van der Waals surface area contributed by atoms with Crippen molar-refractivity contribution in [2.24, 2.45) is 11.8 Å². The summed E-state index contributed by atoms with van der Waals surface area (Å²) in [6.45, 7) is 3.57. The molecule has 0 radical (unpaired) electrons. The van der Waals surface area contributed by atoms with Gasteiger partial charge in [0, 0.05) is 10.9 Å². The molecule has 2 N–H and O–H groups in total. The average Bonchev–Trinajstić information content (AvgIpc) is 3.59. The predicted octanol–water partition coefficient (Wildman–Crippen LogP) is 5.84. The van der Waals surface area contributed by atoms with Crippen LogP contribution in [0.1, 0.15) is 80.6 Å². The number of amides is 1. The Labute approximate surface area is 215 Å². The third-order valence-electron chi connectivity index (χ3n) is 7.73. The van der Waals surface area contributed by atoms with Crippen molar-refractivity contribution in [3.63, 3.8) is 0 Å². The van der Waals surface area contributed by atoms with Crippen LogP contribution in [0.25, 0.3) is 11.1 Å². The summed E-state index contributed by atoms with van der Waals surface area (Å²) in [6, 6.07) is 8.35. The van der Waals surface area contributed by atoms with Gasteiger partial charge in [0.1, 0.15) is 10.6 Å². The summed E-state index contributed by atoms with van der Waals surface area (Å²) < 4.78 is 11.3. The molecule has 2 saturated heterocycles. The van der Waals surface area contributed by atoms with Crippen molar-refractivity contribution in [2.75, 3.05) is 5.32 Å². The van der Waals surface area contributed by atoms with Crippen LogP contribution in [-0.2, 0) is 19.1 Å². The Morgan fingerprint density at radius 1 is 1.00 bits per heavy atom. The van der Waals surface area contributed by atoms with E-state index in [9.17, 15) is 19.5 Å². The molecule has 0 unspecified atom stereocenters. The van der Waals surface area contributed by atoms with E-state index >= 15 is 0 Å². The normalized spacial score (nSPS) is 25.8. The first kappa shape index (κ1) is 25.0. The molecule has 4 atom stereocenters. The van der Waals surface area contributed by atoms with Gasteiger partial charge in [-0.3, -0.25) is 9.59 Å². The smallest absolute Gasteiger partial charge is 0.342 e. The number of thiophene rings is 1. The highest BCUT2D eigenvalue weighted by atomic mass is 32.1. The van der Waals surface area contributed by atoms with Crippen LogP contribution in [0, 0.1) is 11.8 Å². The quantitative estimate of drug-likeness (QED) is 0.453. The molecule has 2 aromatic rings. The highest BCUT2D eigenvalue weighted by Gasteiger charge is 2.55. The topological polar surface area (TPSA) is 102 Å². The van der Waals surface area contributed by atoms with Crippen LogP contribution in [0.5, 0.6) is 0 Å². The summed E-state index contributed by atoms with van der Waals surface area (Å²) in [5.74, 6) is -3.02. The van der Waals surface area contributed by atoms with Gasteiger partial charge >= 0.3 is 11.9 Å². The van der Waals surface area contributed by atoms with Crippen molar-refractivity contribution in [3.8, 4) is 11.1 Å². The van der Waals surface area contributed by atoms with E-state index in [0.29, 0.717) is 34.9 Å². The molecule has 1 saturated carbocycles. The van der Waals surface area contributed by atoms with Gasteiger partial charge in [-0.25, -0.2) is 4.79 Å². The summed E-state index contributed by atoms with van der Waals surface area (Å²) in [5.41, 5.74) is 3.22. The fourth-order valence-electron chi connectivity index (χ4n) is 6.03. The summed E-state index contributed by atoms with van der Waals surface area (Å²) in [7, 11) is 0. The number of carbonyl (C=O) groups is 3. The summed E-state index contributed by atoms with van der Waals surface area (Å²) >= 11 is 1.25. The molecule has 1 aromatic heterocycles. The summed E-state index contributed by atoms with van der Waals surface area (Å²) in [5, 5.41) is 14.8. The van der Waals surface area contributed by atoms with E-state index in [0.717, 1.165) is 5.56 Å². The van der Waals surface area contributed by atoms with Crippen molar-refractivity contribution >= 4 is 34.2 Å². The Balaban J connectivity index is 1.42. The molecular weight excluding hydrogens is 478 g/mol. The number of fused-ring (bicyclic) bond motifs is 2. The highest BCUT2D eigenvalue weighted by Crippen LogP contribution is 2.45. The van der Waals surface area contributed by atoms with E-state index < -0.39 is 41.9 Å². The SMILES string of the molecule is CC(C)OC(=O)c1c(-c2ccc(C3CCCCC3)cc2)csc1NC(=O)[C@@H]1[C@@H](C(=O)O)[C@@H]2CC[C@H]1O2. The van der Waals surface area contributed by atoms with Gasteiger partial charge in [-0.2, -0.15) is 0 Å². The first-order valence-corrected chi connectivity index (χ1v) is 13.8. The molecule has 1 amide bonds. The van der Waals surface area contributed by atoms with E-state index in [4.69, 9.17) is 9.47 Å². The van der Waals surface area contributed by atoms with Gasteiger partial charge in [-0.15, -0.1) is 11.3 Å². The maximum Gasteiger partial charge on any atom is 0.342 e. The Morgan fingerprint density at radius 2 is 1.67 bits per heavy atom. The third-order valence-corrected chi connectivity index (χ3v) is 8.63. The van der Waals surface area contributed by atoms with Crippen molar-refractivity contribution in [1.82, 2.24) is 0 Å². The van der Waals surface area contributed by atoms with Crippen LogP contribution in [0.3, 0.4) is 0 Å². The predicted molar refractivity (Wildman–Crippen MR) is 137 cm³/mol. The highest BCUT2D eigenvalue weighted by molar-refractivity contribution is 7.15. The number of carboxylic acid groups (broad SMARTS) is 1. The van der Waals surface area contributed by atoms with Crippen molar-refractivity contribution in [2.45, 2.75) is 83.0 Å². The molecule has 5 rings (SSSR count). The molecule has 2 bridgehead atoms.